The molecule has 0 aliphatic carbocycles. The Kier molecular flexibility index (Phi) is 4.49. The Morgan fingerprint density at radius 1 is 1.47 bits per heavy atom. The number of hydrogen-bond donors (Lipinski definition) is 1. The maximum absolute atomic E-state index is 5.13. The minimum Gasteiger partial charge on any atom is -0.383 e. The second-order valence-corrected chi connectivity index (χ2v) is 3.65. The zero-order valence-electron chi connectivity index (χ0n) is 9.87. The predicted octanol–water partition coefficient (Wildman–Crippen LogP) is 1.93. The second-order valence-electron chi connectivity index (χ2n) is 3.65. The van der Waals surface area contributed by atoms with Crippen molar-refractivity contribution in [3.63, 3.8) is 0 Å². The lowest BCUT2D eigenvalue weighted by Gasteiger charge is -2.17. The van der Waals surface area contributed by atoms with Crippen LogP contribution in [0.3, 0.4) is 0 Å². The average Bonchev–Trinajstić information content (AvgIpc) is 2.22. The number of ether oxygens (including phenoxy) is 1. The van der Waals surface area contributed by atoms with E-state index in [4.69, 9.17) is 4.74 Å². The summed E-state index contributed by atoms with van der Waals surface area (Å²) in [6.45, 7) is 6.70. The van der Waals surface area contributed by atoms with Gasteiger partial charge in [0, 0.05) is 13.3 Å². The van der Waals surface area contributed by atoms with Gasteiger partial charge >= 0.3 is 0 Å². The number of rotatable bonds is 5. The molecule has 0 saturated carbocycles. The van der Waals surface area contributed by atoms with Gasteiger partial charge < -0.3 is 10.1 Å². The standard InChI is InChI=1S/C11H19N3O/c1-5-10(7-15-4)14-11-9(3)12-6-8(2)13-11/h6,10H,5,7H2,1-4H3,(H,13,14). The van der Waals surface area contributed by atoms with Gasteiger partial charge in [0.05, 0.1) is 24.0 Å². The van der Waals surface area contributed by atoms with E-state index in [0.29, 0.717) is 12.6 Å². The van der Waals surface area contributed by atoms with Crippen LogP contribution in [0.25, 0.3) is 0 Å². The van der Waals surface area contributed by atoms with Crippen LogP contribution in [0, 0.1) is 13.8 Å². The molecule has 0 fully saturated rings. The summed E-state index contributed by atoms with van der Waals surface area (Å²) in [7, 11) is 1.71. The number of aromatic nitrogens is 2. The summed E-state index contributed by atoms with van der Waals surface area (Å²) in [5.41, 5.74) is 1.85. The number of aryl methyl sites for hydroxylation is 2. The van der Waals surface area contributed by atoms with Crippen molar-refractivity contribution in [2.75, 3.05) is 19.0 Å². The monoisotopic (exact) mass is 209 g/mol. The fourth-order valence-electron chi connectivity index (χ4n) is 1.33. The van der Waals surface area contributed by atoms with Crippen LogP contribution in [0.1, 0.15) is 24.7 Å². The van der Waals surface area contributed by atoms with E-state index in [9.17, 15) is 0 Å². The molecule has 0 aliphatic rings. The summed E-state index contributed by atoms with van der Waals surface area (Å²) in [6.07, 6.45) is 2.78. The molecule has 15 heavy (non-hydrogen) atoms. The zero-order valence-corrected chi connectivity index (χ0v) is 9.87. The van der Waals surface area contributed by atoms with E-state index in [1.165, 1.54) is 0 Å². The number of hydrogen-bond acceptors (Lipinski definition) is 4. The highest BCUT2D eigenvalue weighted by Gasteiger charge is 2.08. The van der Waals surface area contributed by atoms with Gasteiger partial charge in [0.25, 0.3) is 0 Å². The van der Waals surface area contributed by atoms with Gasteiger partial charge in [0.2, 0.25) is 0 Å². The minimum absolute atomic E-state index is 0.296. The first-order chi connectivity index (χ1) is 7.17. The molecule has 1 aromatic rings. The Labute approximate surface area is 91.1 Å². The zero-order chi connectivity index (χ0) is 11.3. The summed E-state index contributed by atoms with van der Waals surface area (Å²) in [5.74, 6) is 0.860. The fraction of sp³-hybridized carbons (Fsp3) is 0.636. The quantitative estimate of drug-likeness (QED) is 0.805. The van der Waals surface area contributed by atoms with Gasteiger partial charge in [-0.25, -0.2) is 4.98 Å². The van der Waals surface area contributed by atoms with E-state index in [1.807, 2.05) is 13.8 Å². The molecule has 0 aromatic carbocycles. The molecule has 1 N–H and O–H groups in total. The van der Waals surface area contributed by atoms with Crippen molar-refractivity contribution in [2.24, 2.45) is 0 Å². The van der Waals surface area contributed by atoms with Gasteiger partial charge in [-0.2, -0.15) is 0 Å². The van der Waals surface area contributed by atoms with Crippen molar-refractivity contribution in [2.45, 2.75) is 33.2 Å². The van der Waals surface area contributed by atoms with Crippen molar-refractivity contribution in [3.8, 4) is 0 Å². The molecule has 0 spiro atoms. The van der Waals surface area contributed by atoms with E-state index in [2.05, 4.69) is 22.2 Å². The first kappa shape index (κ1) is 11.9. The van der Waals surface area contributed by atoms with Gasteiger partial charge in [-0.05, 0) is 20.3 Å². The van der Waals surface area contributed by atoms with Crippen LogP contribution in [0.2, 0.25) is 0 Å². The summed E-state index contributed by atoms with van der Waals surface area (Å²) >= 11 is 0. The molecule has 0 amide bonds. The third-order valence-electron chi connectivity index (χ3n) is 2.28. The lowest BCUT2D eigenvalue weighted by atomic mass is 10.2. The molecule has 1 heterocycles. The average molecular weight is 209 g/mol. The van der Waals surface area contributed by atoms with Crippen molar-refractivity contribution in [3.05, 3.63) is 17.6 Å². The van der Waals surface area contributed by atoms with Crippen LogP contribution in [-0.4, -0.2) is 29.7 Å². The van der Waals surface area contributed by atoms with Crippen LogP contribution in [-0.2, 0) is 4.74 Å². The Morgan fingerprint density at radius 2 is 2.20 bits per heavy atom. The maximum Gasteiger partial charge on any atom is 0.148 e. The first-order valence-corrected chi connectivity index (χ1v) is 5.23. The summed E-state index contributed by atoms with van der Waals surface area (Å²) in [4.78, 5) is 8.67. The highest BCUT2D eigenvalue weighted by molar-refractivity contribution is 5.40. The first-order valence-electron chi connectivity index (χ1n) is 5.23. The lowest BCUT2D eigenvalue weighted by molar-refractivity contribution is 0.184. The molecular weight excluding hydrogens is 190 g/mol. The van der Waals surface area contributed by atoms with Gasteiger partial charge in [0.1, 0.15) is 5.82 Å². The fourth-order valence-corrected chi connectivity index (χ4v) is 1.33. The topological polar surface area (TPSA) is 47.0 Å². The Morgan fingerprint density at radius 3 is 2.80 bits per heavy atom. The molecular formula is C11H19N3O. The smallest absolute Gasteiger partial charge is 0.148 e. The van der Waals surface area contributed by atoms with Crippen molar-refractivity contribution < 1.29 is 4.74 Å². The Hall–Kier alpha value is -1.16. The van der Waals surface area contributed by atoms with E-state index >= 15 is 0 Å². The van der Waals surface area contributed by atoms with Crippen LogP contribution >= 0.6 is 0 Å². The lowest BCUT2D eigenvalue weighted by Crippen LogP contribution is -2.25. The molecule has 1 atom stereocenters. The SMILES string of the molecule is CCC(COC)Nc1nc(C)cnc1C. The molecule has 0 saturated heterocycles. The highest BCUT2D eigenvalue weighted by atomic mass is 16.5. The minimum atomic E-state index is 0.296. The van der Waals surface area contributed by atoms with Gasteiger partial charge in [0.15, 0.2) is 0 Å². The molecule has 4 nitrogen and oxygen atoms in total. The summed E-state index contributed by atoms with van der Waals surface area (Å²) in [6, 6.07) is 0.296. The normalized spacial score (nSPS) is 12.5. The highest BCUT2D eigenvalue weighted by Crippen LogP contribution is 2.11. The van der Waals surface area contributed by atoms with Crippen molar-refractivity contribution in [1.82, 2.24) is 9.97 Å². The molecule has 84 valence electrons. The molecule has 0 aliphatic heterocycles. The third-order valence-corrected chi connectivity index (χ3v) is 2.28. The molecule has 0 bridgehead atoms. The molecule has 0 radical (unpaired) electrons. The van der Waals surface area contributed by atoms with Crippen LogP contribution in [0.5, 0.6) is 0 Å². The second kappa shape index (κ2) is 5.66. The van der Waals surface area contributed by atoms with E-state index in [1.54, 1.807) is 13.3 Å². The third kappa shape index (κ3) is 3.47. The molecule has 4 heteroatoms. The number of methoxy groups -OCH3 is 1. The summed E-state index contributed by atoms with van der Waals surface area (Å²) in [5, 5.41) is 3.34. The number of nitrogens with zero attached hydrogens (tertiary/aromatic N) is 2. The Balaban J connectivity index is 2.73. The van der Waals surface area contributed by atoms with E-state index < -0.39 is 0 Å². The van der Waals surface area contributed by atoms with Crippen LogP contribution in [0.15, 0.2) is 6.20 Å². The van der Waals surface area contributed by atoms with Crippen LogP contribution in [0.4, 0.5) is 5.82 Å². The number of nitrogens with one attached hydrogen (secondary N) is 1. The van der Waals surface area contributed by atoms with Gasteiger partial charge in [-0.3, -0.25) is 4.98 Å². The van der Waals surface area contributed by atoms with E-state index in [-0.39, 0.29) is 0 Å². The Bertz CT molecular complexity index is 315. The predicted molar refractivity (Wildman–Crippen MR) is 61.1 cm³/mol. The summed E-state index contributed by atoms with van der Waals surface area (Å²) < 4.78 is 5.13. The van der Waals surface area contributed by atoms with Crippen LogP contribution < -0.4 is 5.32 Å². The molecule has 1 aromatic heterocycles. The maximum atomic E-state index is 5.13. The number of anilines is 1. The molecule has 1 rings (SSSR count). The van der Waals surface area contributed by atoms with Crippen molar-refractivity contribution >= 4 is 5.82 Å². The van der Waals surface area contributed by atoms with Gasteiger partial charge in [-0.15, -0.1) is 0 Å². The van der Waals surface area contributed by atoms with Gasteiger partial charge in [-0.1, -0.05) is 6.92 Å². The molecule has 1 unspecified atom stereocenters. The van der Waals surface area contributed by atoms with E-state index in [0.717, 1.165) is 23.6 Å². The van der Waals surface area contributed by atoms with Crippen molar-refractivity contribution in [1.29, 1.82) is 0 Å². The largest absolute Gasteiger partial charge is 0.383 e.